The summed E-state index contributed by atoms with van der Waals surface area (Å²) in [5.74, 6) is -0.341. The highest BCUT2D eigenvalue weighted by Gasteiger charge is 2.39. The first-order valence-corrected chi connectivity index (χ1v) is 11.7. The van der Waals surface area contributed by atoms with Crippen molar-refractivity contribution < 1.29 is 18.7 Å². The Bertz CT molecular complexity index is 857. The van der Waals surface area contributed by atoms with Crippen LogP contribution >= 0.6 is 0 Å². The summed E-state index contributed by atoms with van der Waals surface area (Å²) < 4.78 is 10.8. The molecule has 2 aromatic rings. The molecule has 2 aliphatic rings. The van der Waals surface area contributed by atoms with Crippen LogP contribution in [0.3, 0.4) is 0 Å². The van der Waals surface area contributed by atoms with Gasteiger partial charge in [0.05, 0.1) is 19.5 Å². The van der Waals surface area contributed by atoms with E-state index in [1.807, 2.05) is 30.3 Å². The number of nitrogens with one attached hydrogen (secondary N) is 2. The second kappa shape index (κ2) is 10.8. The van der Waals surface area contributed by atoms with E-state index in [4.69, 9.17) is 9.15 Å². The molecular formula is C25H33N3O4. The van der Waals surface area contributed by atoms with Gasteiger partial charge in [-0.25, -0.2) is 0 Å². The van der Waals surface area contributed by atoms with Crippen molar-refractivity contribution in [2.45, 2.75) is 50.1 Å². The molecule has 1 aromatic heterocycles. The SMILES string of the molecule is O=C(NC(Cc1ccccc1)C(=O)NCC1(N2CCOCC2)CCCCC1)c1ccco1. The van der Waals surface area contributed by atoms with Crippen molar-refractivity contribution in [3.05, 3.63) is 60.1 Å². The molecule has 2 amide bonds. The Morgan fingerprint density at radius 2 is 1.75 bits per heavy atom. The molecule has 2 fully saturated rings. The van der Waals surface area contributed by atoms with Crippen LogP contribution in [0.15, 0.2) is 53.1 Å². The van der Waals surface area contributed by atoms with Crippen LogP contribution < -0.4 is 10.6 Å². The maximum atomic E-state index is 13.3. The number of morpholine rings is 1. The van der Waals surface area contributed by atoms with Gasteiger partial charge in [0, 0.05) is 31.6 Å². The van der Waals surface area contributed by atoms with Crippen molar-refractivity contribution in [3.63, 3.8) is 0 Å². The van der Waals surface area contributed by atoms with Gasteiger partial charge in [0.15, 0.2) is 5.76 Å². The van der Waals surface area contributed by atoms with Gasteiger partial charge in [-0.15, -0.1) is 0 Å². The van der Waals surface area contributed by atoms with Crippen LogP contribution in [0.25, 0.3) is 0 Å². The van der Waals surface area contributed by atoms with Crippen LogP contribution in [0.1, 0.15) is 48.2 Å². The minimum absolute atomic E-state index is 0.0278. The van der Waals surface area contributed by atoms with E-state index in [1.54, 1.807) is 12.1 Å². The molecule has 7 heteroatoms. The quantitative estimate of drug-likeness (QED) is 0.661. The summed E-state index contributed by atoms with van der Waals surface area (Å²) in [6.07, 6.45) is 7.63. The third-order valence-electron chi connectivity index (χ3n) is 6.71. The van der Waals surface area contributed by atoms with Gasteiger partial charge < -0.3 is 19.8 Å². The molecule has 1 aromatic carbocycles. The predicted molar refractivity (Wildman–Crippen MR) is 121 cm³/mol. The fraction of sp³-hybridized carbons (Fsp3) is 0.520. The van der Waals surface area contributed by atoms with E-state index in [9.17, 15) is 9.59 Å². The highest BCUT2D eigenvalue weighted by molar-refractivity contribution is 5.95. The van der Waals surface area contributed by atoms with Crippen molar-refractivity contribution in [1.82, 2.24) is 15.5 Å². The first-order valence-electron chi connectivity index (χ1n) is 11.7. The van der Waals surface area contributed by atoms with Gasteiger partial charge in [-0.1, -0.05) is 49.6 Å². The molecule has 2 N–H and O–H groups in total. The lowest BCUT2D eigenvalue weighted by molar-refractivity contribution is -0.124. The number of nitrogens with zero attached hydrogens (tertiary/aromatic N) is 1. The Kier molecular flexibility index (Phi) is 7.60. The Hall–Kier alpha value is -2.64. The molecule has 1 unspecified atom stereocenters. The summed E-state index contributed by atoms with van der Waals surface area (Å²) in [5, 5.41) is 6.06. The Balaban J connectivity index is 1.45. The van der Waals surface area contributed by atoms with Crippen molar-refractivity contribution >= 4 is 11.8 Å². The number of hydrogen-bond acceptors (Lipinski definition) is 5. The number of furan rings is 1. The summed E-state index contributed by atoms with van der Waals surface area (Å²) in [7, 11) is 0. The highest BCUT2D eigenvalue weighted by Crippen LogP contribution is 2.33. The fourth-order valence-corrected chi connectivity index (χ4v) is 4.92. The first-order chi connectivity index (χ1) is 15.7. The van der Waals surface area contributed by atoms with Crippen molar-refractivity contribution in [2.75, 3.05) is 32.8 Å². The standard InChI is InChI=1S/C25H33N3O4/c29-23(26-19-25(11-5-2-6-12-25)28-13-16-31-17-14-28)21(18-20-8-3-1-4-9-20)27-24(30)22-10-7-15-32-22/h1,3-4,7-10,15,21H,2,5-6,11-14,16-19H2,(H,26,29)(H,27,30). The summed E-state index contributed by atoms with van der Waals surface area (Å²) in [4.78, 5) is 28.4. The minimum Gasteiger partial charge on any atom is -0.459 e. The largest absolute Gasteiger partial charge is 0.459 e. The molecule has 1 aliphatic heterocycles. The van der Waals surface area contributed by atoms with Crippen molar-refractivity contribution in [3.8, 4) is 0 Å². The molecule has 4 rings (SSSR count). The van der Waals surface area contributed by atoms with Crippen molar-refractivity contribution in [2.24, 2.45) is 0 Å². The first kappa shape index (κ1) is 22.6. The van der Waals surface area contributed by atoms with E-state index in [-0.39, 0.29) is 23.1 Å². The average molecular weight is 440 g/mol. The molecule has 2 heterocycles. The minimum atomic E-state index is -0.680. The Morgan fingerprint density at radius 1 is 1.00 bits per heavy atom. The van der Waals surface area contributed by atoms with Crippen LogP contribution in [-0.2, 0) is 16.0 Å². The molecule has 1 saturated carbocycles. The topological polar surface area (TPSA) is 83.8 Å². The number of carbonyl (C=O) groups is 2. The lowest BCUT2D eigenvalue weighted by Crippen LogP contribution is -2.61. The summed E-state index contributed by atoms with van der Waals surface area (Å²) >= 11 is 0. The normalized spacial score (nSPS) is 19.8. The number of hydrogen-bond donors (Lipinski definition) is 2. The molecule has 1 saturated heterocycles. The number of rotatable bonds is 8. The zero-order chi connectivity index (χ0) is 22.2. The average Bonchev–Trinajstić information content (AvgIpc) is 3.39. The number of benzene rings is 1. The van der Waals surface area contributed by atoms with Crippen LogP contribution in [-0.4, -0.2) is 61.1 Å². The molecule has 1 aliphatic carbocycles. The van der Waals surface area contributed by atoms with Gasteiger partial charge in [-0.05, 0) is 30.5 Å². The maximum absolute atomic E-state index is 13.3. The van der Waals surface area contributed by atoms with Crippen LogP contribution in [0.2, 0.25) is 0 Å². The highest BCUT2D eigenvalue weighted by atomic mass is 16.5. The van der Waals surface area contributed by atoms with Gasteiger partial charge >= 0.3 is 0 Å². The van der Waals surface area contributed by atoms with Crippen LogP contribution in [0.5, 0.6) is 0 Å². The lowest BCUT2D eigenvalue weighted by Gasteiger charge is -2.48. The molecule has 172 valence electrons. The van der Waals surface area contributed by atoms with E-state index in [0.29, 0.717) is 13.0 Å². The number of amides is 2. The number of ether oxygens (including phenoxy) is 1. The van der Waals surface area contributed by atoms with E-state index < -0.39 is 6.04 Å². The molecule has 0 radical (unpaired) electrons. The van der Waals surface area contributed by atoms with E-state index in [2.05, 4.69) is 15.5 Å². The van der Waals surface area contributed by atoms with Crippen LogP contribution in [0, 0.1) is 0 Å². The second-order valence-electron chi connectivity index (χ2n) is 8.80. The third-order valence-corrected chi connectivity index (χ3v) is 6.71. The molecule has 0 bridgehead atoms. The van der Waals surface area contributed by atoms with Gasteiger partial charge in [-0.3, -0.25) is 14.5 Å². The predicted octanol–water partition coefficient (Wildman–Crippen LogP) is 2.77. The maximum Gasteiger partial charge on any atom is 0.287 e. The van der Waals surface area contributed by atoms with Crippen molar-refractivity contribution in [1.29, 1.82) is 0 Å². The van der Waals surface area contributed by atoms with E-state index in [0.717, 1.165) is 44.7 Å². The third kappa shape index (κ3) is 5.58. The molecule has 0 spiro atoms. The molecule has 1 atom stereocenters. The summed E-state index contributed by atoms with van der Waals surface area (Å²) in [5.41, 5.74) is 0.966. The lowest BCUT2D eigenvalue weighted by atomic mass is 9.79. The van der Waals surface area contributed by atoms with E-state index >= 15 is 0 Å². The van der Waals surface area contributed by atoms with Gasteiger partial charge in [0.2, 0.25) is 5.91 Å². The smallest absolute Gasteiger partial charge is 0.287 e. The molecule has 7 nitrogen and oxygen atoms in total. The van der Waals surface area contributed by atoms with Gasteiger partial charge in [-0.2, -0.15) is 0 Å². The summed E-state index contributed by atoms with van der Waals surface area (Å²) in [6.45, 7) is 3.88. The Labute approximate surface area is 189 Å². The molecule has 32 heavy (non-hydrogen) atoms. The zero-order valence-electron chi connectivity index (χ0n) is 18.6. The van der Waals surface area contributed by atoms with Gasteiger partial charge in [0.25, 0.3) is 5.91 Å². The van der Waals surface area contributed by atoms with Gasteiger partial charge in [0.1, 0.15) is 6.04 Å². The van der Waals surface area contributed by atoms with Crippen LogP contribution in [0.4, 0.5) is 0 Å². The second-order valence-corrected chi connectivity index (χ2v) is 8.80. The fourth-order valence-electron chi connectivity index (χ4n) is 4.92. The summed E-state index contributed by atoms with van der Waals surface area (Å²) in [6, 6.07) is 12.3. The zero-order valence-corrected chi connectivity index (χ0v) is 18.6. The molecular weight excluding hydrogens is 406 g/mol. The number of carbonyl (C=O) groups excluding carboxylic acids is 2. The monoisotopic (exact) mass is 439 g/mol. The van der Waals surface area contributed by atoms with E-state index in [1.165, 1.54) is 25.5 Å². The Morgan fingerprint density at radius 3 is 2.44 bits per heavy atom.